The molecule has 2 heterocycles. The van der Waals surface area contributed by atoms with Crippen LogP contribution in [-0.4, -0.2) is 10.1 Å². The van der Waals surface area contributed by atoms with Crippen molar-refractivity contribution in [2.75, 3.05) is 5.32 Å². The van der Waals surface area contributed by atoms with Crippen molar-refractivity contribution in [3.8, 4) is 0 Å². The molecular formula is C17H17F2N3O. The quantitative estimate of drug-likeness (QED) is 0.765. The molecule has 2 aromatic heterocycles. The minimum Gasteiger partial charge on any atom is -0.380 e. The number of aryl methyl sites for hydroxylation is 2. The van der Waals surface area contributed by atoms with Crippen molar-refractivity contribution in [1.29, 1.82) is 0 Å². The maximum absolute atomic E-state index is 13.8. The van der Waals surface area contributed by atoms with E-state index in [9.17, 15) is 8.78 Å². The third-order valence-electron chi connectivity index (χ3n) is 3.83. The lowest BCUT2D eigenvalue weighted by Gasteiger charge is -2.10. The highest BCUT2D eigenvalue weighted by atomic mass is 19.1. The molecule has 0 aliphatic rings. The minimum atomic E-state index is -0.669. The molecule has 0 fully saturated rings. The number of pyridine rings is 1. The van der Waals surface area contributed by atoms with E-state index in [-0.39, 0.29) is 5.52 Å². The third kappa shape index (κ3) is 2.88. The number of fused-ring (bicyclic) bond motifs is 1. The second-order valence-electron chi connectivity index (χ2n) is 5.23. The number of nitrogens with zero attached hydrogens (tertiary/aromatic N) is 2. The molecule has 0 atom stereocenters. The molecule has 3 aromatic rings. The molecule has 0 saturated carbocycles. The van der Waals surface area contributed by atoms with Gasteiger partial charge in [0.25, 0.3) is 0 Å². The summed E-state index contributed by atoms with van der Waals surface area (Å²) < 4.78 is 32.7. The SMILES string of the molecule is CCc1noc(CC)c1CNc1ccnc2c(F)cc(F)cc12. The van der Waals surface area contributed by atoms with E-state index in [0.717, 1.165) is 35.9 Å². The Balaban J connectivity index is 1.95. The van der Waals surface area contributed by atoms with Crippen molar-refractivity contribution >= 4 is 16.6 Å². The fourth-order valence-electron chi connectivity index (χ4n) is 2.65. The Hall–Kier alpha value is -2.50. The number of hydrogen-bond acceptors (Lipinski definition) is 4. The first-order chi connectivity index (χ1) is 11.1. The first-order valence-corrected chi connectivity index (χ1v) is 7.58. The molecule has 23 heavy (non-hydrogen) atoms. The molecule has 0 saturated heterocycles. The van der Waals surface area contributed by atoms with Crippen molar-refractivity contribution in [2.45, 2.75) is 33.2 Å². The maximum Gasteiger partial charge on any atom is 0.152 e. The molecular weight excluding hydrogens is 300 g/mol. The standard InChI is InChI=1S/C17H17F2N3O/c1-3-14-12(16(4-2)23-22-14)9-21-15-5-6-20-17-11(15)7-10(18)8-13(17)19/h5-8H,3-4,9H2,1-2H3,(H,20,21). The highest BCUT2D eigenvalue weighted by Crippen LogP contribution is 2.26. The highest BCUT2D eigenvalue weighted by Gasteiger charge is 2.14. The predicted molar refractivity (Wildman–Crippen MR) is 84.2 cm³/mol. The summed E-state index contributed by atoms with van der Waals surface area (Å²) >= 11 is 0. The molecule has 3 rings (SSSR count). The fourth-order valence-corrected chi connectivity index (χ4v) is 2.65. The van der Waals surface area contributed by atoms with Crippen LogP contribution in [0.1, 0.15) is 30.9 Å². The van der Waals surface area contributed by atoms with Gasteiger partial charge < -0.3 is 9.84 Å². The van der Waals surface area contributed by atoms with Crippen LogP contribution in [0.15, 0.2) is 28.9 Å². The van der Waals surface area contributed by atoms with Crippen LogP contribution >= 0.6 is 0 Å². The Bertz CT molecular complexity index is 824. The number of hydrogen-bond donors (Lipinski definition) is 1. The zero-order valence-electron chi connectivity index (χ0n) is 13.0. The molecule has 0 aliphatic heterocycles. The Kier molecular flexibility index (Phi) is 4.23. The molecule has 4 nitrogen and oxygen atoms in total. The Morgan fingerprint density at radius 2 is 2.00 bits per heavy atom. The van der Waals surface area contributed by atoms with E-state index in [2.05, 4.69) is 15.5 Å². The lowest BCUT2D eigenvalue weighted by molar-refractivity contribution is 0.380. The minimum absolute atomic E-state index is 0.146. The molecule has 0 aliphatic carbocycles. The van der Waals surface area contributed by atoms with Gasteiger partial charge in [-0.3, -0.25) is 4.98 Å². The van der Waals surface area contributed by atoms with E-state index in [1.807, 2.05) is 13.8 Å². The van der Waals surface area contributed by atoms with Gasteiger partial charge in [0.15, 0.2) is 5.82 Å². The summed E-state index contributed by atoms with van der Waals surface area (Å²) in [5, 5.41) is 7.70. The van der Waals surface area contributed by atoms with Crippen molar-refractivity contribution in [3.63, 3.8) is 0 Å². The summed E-state index contributed by atoms with van der Waals surface area (Å²) in [4.78, 5) is 3.98. The highest BCUT2D eigenvalue weighted by molar-refractivity contribution is 5.91. The van der Waals surface area contributed by atoms with E-state index in [1.165, 1.54) is 12.3 Å². The van der Waals surface area contributed by atoms with Gasteiger partial charge in [-0.1, -0.05) is 19.0 Å². The van der Waals surface area contributed by atoms with Gasteiger partial charge in [0, 0.05) is 41.9 Å². The average Bonchev–Trinajstić information content (AvgIpc) is 2.95. The summed E-state index contributed by atoms with van der Waals surface area (Å²) in [6, 6.07) is 3.82. The number of aromatic nitrogens is 2. The molecule has 0 amide bonds. The number of rotatable bonds is 5. The monoisotopic (exact) mass is 317 g/mol. The van der Waals surface area contributed by atoms with Crippen LogP contribution in [0.5, 0.6) is 0 Å². The van der Waals surface area contributed by atoms with E-state index in [4.69, 9.17) is 4.52 Å². The molecule has 0 bridgehead atoms. The lowest BCUT2D eigenvalue weighted by atomic mass is 10.1. The maximum atomic E-state index is 13.8. The van der Waals surface area contributed by atoms with Gasteiger partial charge in [0.2, 0.25) is 0 Å². The van der Waals surface area contributed by atoms with Gasteiger partial charge in [0.05, 0.1) is 5.69 Å². The molecule has 1 N–H and O–H groups in total. The van der Waals surface area contributed by atoms with Crippen molar-refractivity contribution in [3.05, 3.63) is 53.0 Å². The third-order valence-corrected chi connectivity index (χ3v) is 3.83. The first kappa shape index (κ1) is 15.4. The summed E-state index contributed by atoms with van der Waals surface area (Å²) in [7, 11) is 0. The zero-order valence-corrected chi connectivity index (χ0v) is 13.0. The van der Waals surface area contributed by atoms with Gasteiger partial charge in [-0.2, -0.15) is 0 Å². The topological polar surface area (TPSA) is 51.0 Å². The van der Waals surface area contributed by atoms with Crippen LogP contribution < -0.4 is 5.32 Å². The van der Waals surface area contributed by atoms with Crippen LogP contribution in [0.3, 0.4) is 0 Å². The number of benzene rings is 1. The zero-order chi connectivity index (χ0) is 16.4. The first-order valence-electron chi connectivity index (χ1n) is 7.58. The molecule has 0 spiro atoms. The Morgan fingerprint density at radius 1 is 1.17 bits per heavy atom. The van der Waals surface area contributed by atoms with Crippen LogP contribution in [0.2, 0.25) is 0 Å². The molecule has 1 aromatic carbocycles. The Labute approximate surface area is 132 Å². The number of halogens is 2. The average molecular weight is 317 g/mol. The van der Waals surface area contributed by atoms with Gasteiger partial charge in [-0.25, -0.2) is 8.78 Å². The van der Waals surface area contributed by atoms with Crippen molar-refractivity contribution in [2.24, 2.45) is 0 Å². The smallest absolute Gasteiger partial charge is 0.152 e. The van der Waals surface area contributed by atoms with E-state index < -0.39 is 11.6 Å². The Morgan fingerprint density at radius 3 is 2.74 bits per heavy atom. The largest absolute Gasteiger partial charge is 0.380 e. The van der Waals surface area contributed by atoms with E-state index >= 15 is 0 Å². The summed E-state index contributed by atoms with van der Waals surface area (Å²) in [5.41, 5.74) is 2.66. The van der Waals surface area contributed by atoms with Crippen LogP contribution in [0, 0.1) is 11.6 Å². The fraction of sp³-hybridized carbons (Fsp3) is 0.294. The second-order valence-corrected chi connectivity index (χ2v) is 5.23. The number of nitrogens with one attached hydrogen (secondary N) is 1. The van der Waals surface area contributed by atoms with Gasteiger partial charge >= 0.3 is 0 Å². The summed E-state index contributed by atoms with van der Waals surface area (Å²) in [6.45, 7) is 4.48. The van der Waals surface area contributed by atoms with E-state index in [0.29, 0.717) is 17.6 Å². The molecule has 0 unspecified atom stereocenters. The summed E-state index contributed by atoms with van der Waals surface area (Å²) in [5.74, 6) is -0.471. The van der Waals surface area contributed by atoms with Gasteiger partial charge in [-0.05, 0) is 18.6 Å². The van der Waals surface area contributed by atoms with Gasteiger partial charge in [-0.15, -0.1) is 0 Å². The van der Waals surface area contributed by atoms with Crippen LogP contribution in [0.25, 0.3) is 10.9 Å². The van der Waals surface area contributed by atoms with Gasteiger partial charge in [0.1, 0.15) is 17.1 Å². The van der Waals surface area contributed by atoms with Crippen molar-refractivity contribution in [1.82, 2.24) is 10.1 Å². The normalized spacial score (nSPS) is 11.1. The van der Waals surface area contributed by atoms with Crippen LogP contribution in [0.4, 0.5) is 14.5 Å². The molecule has 0 radical (unpaired) electrons. The predicted octanol–water partition coefficient (Wildman–Crippen LogP) is 4.24. The molecule has 6 heteroatoms. The second kappa shape index (κ2) is 6.32. The van der Waals surface area contributed by atoms with E-state index in [1.54, 1.807) is 6.07 Å². The lowest BCUT2D eigenvalue weighted by Crippen LogP contribution is -2.04. The van der Waals surface area contributed by atoms with Crippen molar-refractivity contribution < 1.29 is 13.3 Å². The molecule has 120 valence electrons. The number of anilines is 1. The van der Waals surface area contributed by atoms with Crippen LogP contribution in [-0.2, 0) is 19.4 Å². The summed E-state index contributed by atoms with van der Waals surface area (Å²) in [6.07, 6.45) is 3.01.